The highest BCUT2D eigenvalue weighted by atomic mass is 32.1. The van der Waals surface area contributed by atoms with Gasteiger partial charge in [0.05, 0.1) is 0 Å². The Labute approximate surface area is 125 Å². The van der Waals surface area contributed by atoms with Gasteiger partial charge in [-0.2, -0.15) is 0 Å². The average Bonchev–Trinajstić information content (AvgIpc) is 2.85. The molecule has 0 aliphatic rings. The van der Waals surface area contributed by atoms with Crippen molar-refractivity contribution in [3.63, 3.8) is 0 Å². The minimum atomic E-state index is -1.18. The number of aromatic nitrogens is 3. The van der Waals surface area contributed by atoms with Gasteiger partial charge >= 0.3 is 5.97 Å². The number of carboxylic acid groups (broad SMARTS) is 1. The molecule has 2 rings (SSSR count). The average molecular weight is 306 g/mol. The van der Waals surface area contributed by atoms with Crippen LogP contribution in [-0.2, 0) is 6.42 Å². The maximum absolute atomic E-state index is 12.0. The molecule has 7 nitrogen and oxygen atoms in total. The van der Waals surface area contributed by atoms with E-state index < -0.39 is 11.9 Å². The van der Waals surface area contributed by atoms with Crippen LogP contribution in [0, 0.1) is 5.92 Å². The van der Waals surface area contributed by atoms with Crippen molar-refractivity contribution < 1.29 is 14.7 Å². The topological polar surface area (TPSA) is 105 Å². The Balaban J connectivity index is 2.09. The molecule has 0 bridgehead atoms. The number of nitrogens with zero attached hydrogens (tertiary/aromatic N) is 3. The van der Waals surface area contributed by atoms with Gasteiger partial charge in [0, 0.05) is 6.42 Å². The second-order valence-corrected chi connectivity index (χ2v) is 5.83. The predicted octanol–water partition coefficient (Wildman–Crippen LogP) is 2.08. The number of nitrogens with one attached hydrogen (secondary N) is 1. The Kier molecular flexibility index (Phi) is 4.59. The van der Waals surface area contributed by atoms with Gasteiger partial charge in [-0.05, 0) is 18.1 Å². The zero-order valence-corrected chi connectivity index (χ0v) is 12.3. The highest BCUT2D eigenvalue weighted by Gasteiger charge is 2.14. The van der Waals surface area contributed by atoms with Crippen molar-refractivity contribution in [2.24, 2.45) is 5.92 Å². The first-order chi connectivity index (χ1) is 9.95. The summed E-state index contributed by atoms with van der Waals surface area (Å²) in [6.45, 7) is 4.14. The smallest absolute Gasteiger partial charge is 0.354 e. The summed E-state index contributed by atoms with van der Waals surface area (Å²) in [5.74, 6) is -1.24. The van der Waals surface area contributed by atoms with Gasteiger partial charge in [-0.1, -0.05) is 31.3 Å². The van der Waals surface area contributed by atoms with Crippen LogP contribution in [0.3, 0.4) is 0 Å². The lowest BCUT2D eigenvalue weighted by atomic mass is 10.1. The second-order valence-electron chi connectivity index (χ2n) is 4.77. The van der Waals surface area contributed by atoms with Crippen LogP contribution < -0.4 is 5.32 Å². The normalized spacial score (nSPS) is 10.6. The highest BCUT2D eigenvalue weighted by molar-refractivity contribution is 7.15. The maximum atomic E-state index is 12.0. The molecule has 0 aromatic carbocycles. The minimum Gasteiger partial charge on any atom is -0.477 e. The number of carbonyl (C=O) groups excluding carboxylic acids is 1. The second kappa shape index (κ2) is 6.40. The zero-order chi connectivity index (χ0) is 15.4. The molecular weight excluding hydrogens is 292 g/mol. The van der Waals surface area contributed by atoms with E-state index in [0.717, 1.165) is 11.4 Å². The number of amides is 1. The number of carbonyl (C=O) groups is 2. The van der Waals surface area contributed by atoms with Gasteiger partial charge in [0.25, 0.3) is 5.91 Å². The molecule has 0 spiro atoms. The molecule has 21 heavy (non-hydrogen) atoms. The van der Waals surface area contributed by atoms with Crippen LogP contribution in [0.1, 0.15) is 39.8 Å². The summed E-state index contributed by atoms with van der Waals surface area (Å²) in [6, 6.07) is 4.23. The number of hydrogen-bond acceptors (Lipinski definition) is 6. The fraction of sp³-hybridized carbons (Fsp3) is 0.308. The van der Waals surface area contributed by atoms with E-state index in [1.807, 2.05) is 0 Å². The molecule has 0 radical (unpaired) electrons. The van der Waals surface area contributed by atoms with Crippen LogP contribution in [0.15, 0.2) is 18.2 Å². The van der Waals surface area contributed by atoms with Crippen LogP contribution in [0.4, 0.5) is 5.13 Å². The van der Waals surface area contributed by atoms with Crippen LogP contribution in [0.5, 0.6) is 0 Å². The molecule has 0 aliphatic carbocycles. The van der Waals surface area contributed by atoms with Gasteiger partial charge in [0.1, 0.15) is 16.4 Å². The van der Waals surface area contributed by atoms with E-state index in [2.05, 4.69) is 34.3 Å². The molecule has 2 heterocycles. The number of rotatable bonds is 5. The van der Waals surface area contributed by atoms with Crippen LogP contribution >= 0.6 is 11.3 Å². The predicted molar refractivity (Wildman–Crippen MR) is 77.6 cm³/mol. The lowest BCUT2D eigenvalue weighted by Gasteiger charge is -2.01. The van der Waals surface area contributed by atoms with Gasteiger partial charge in [-0.25, -0.2) is 9.78 Å². The molecule has 2 aromatic rings. The van der Waals surface area contributed by atoms with Gasteiger partial charge in [-0.3, -0.25) is 10.1 Å². The van der Waals surface area contributed by atoms with Gasteiger partial charge in [-0.15, -0.1) is 10.2 Å². The Morgan fingerprint density at radius 1 is 1.29 bits per heavy atom. The Hall–Kier alpha value is -2.35. The van der Waals surface area contributed by atoms with Crippen molar-refractivity contribution in [1.82, 2.24) is 15.2 Å². The first kappa shape index (κ1) is 15.0. The summed E-state index contributed by atoms with van der Waals surface area (Å²) in [6.07, 6.45) is 0.792. The van der Waals surface area contributed by atoms with Crippen LogP contribution in [0.2, 0.25) is 0 Å². The van der Waals surface area contributed by atoms with E-state index in [9.17, 15) is 9.59 Å². The third kappa shape index (κ3) is 4.06. The molecule has 1 amide bonds. The Morgan fingerprint density at radius 2 is 2.00 bits per heavy atom. The van der Waals surface area contributed by atoms with Gasteiger partial charge in [0.15, 0.2) is 0 Å². The van der Waals surface area contributed by atoms with E-state index in [-0.39, 0.29) is 11.4 Å². The number of anilines is 1. The summed E-state index contributed by atoms with van der Waals surface area (Å²) < 4.78 is 0. The van der Waals surface area contributed by atoms with Crippen molar-refractivity contribution in [1.29, 1.82) is 0 Å². The van der Waals surface area contributed by atoms with Crippen molar-refractivity contribution >= 4 is 28.3 Å². The fourth-order valence-electron chi connectivity index (χ4n) is 1.58. The van der Waals surface area contributed by atoms with Crippen LogP contribution in [0.25, 0.3) is 0 Å². The number of pyridine rings is 1. The summed E-state index contributed by atoms with van der Waals surface area (Å²) in [7, 11) is 0. The van der Waals surface area contributed by atoms with E-state index in [1.165, 1.54) is 29.5 Å². The number of carboxylic acids is 1. The lowest BCUT2D eigenvalue weighted by molar-refractivity contribution is 0.0690. The standard InChI is InChI=1S/C13H14N4O3S/c1-7(2)6-10-16-17-13(21-10)15-11(18)8-4-3-5-9(14-8)12(19)20/h3-5,7H,6H2,1-2H3,(H,19,20)(H,15,17,18). The third-order valence-corrected chi connectivity index (χ3v) is 3.33. The van der Waals surface area contributed by atoms with Crippen molar-refractivity contribution in [3.05, 3.63) is 34.6 Å². The third-order valence-electron chi connectivity index (χ3n) is 2.47. The first-order valence-electron chi connectivity index (χ1n) is 6.30. The summed E-state index contributed by atoms with van der Waals surface area (Å²) >= 11 is 1.30. The van der Waals surface area contributed by atoms with E-state index in [0.29, 0.717) is 11.0 Å². The summed E-state index contributed by atoms with van der Waals surface area (Å²) in [5, 5.41) is 20.5. The Bertz CT molecular complexity index is 669. The molecule has 0 unspecified atom stereocenters. The fourth-order valence-corrected chi connectivity index (χ4v) is 2.52. The largest absolute Gasteiger partial charge is 0.477 e. The summed E-state index contributed by atoms with van der Waals surface area (Å²) in [4.78, 5) is 26.6. The zero-order valence-electron chi connectivity index (χ0n) is 11.5. The van der Waals surface area contributed by atoms with Gasteiger partial charge in [0.2, 0.25) is 5.13 Å². The van der Waals surface area contributed by atoms with Crippen molar-refractivity contribution in [2.45, 2.75) is 20.3 Å². The molecule has 2 aromatic heterocycles. The minimum absolute atomic E-state index is 0.0236. The molecule has 0 saturated carbocycles. The number of aromatic carboxylic acids is 1. The van der Waals surface area contributed by atoms with Crippen LogP contribution in [-0.4, -0.2) is 32.2 Å². The van der Waals surface area contributed by atoms with E-state index in [1.54, 1.807) is 0 Å². The monoisotopic (exact) mass is 306 g/mol. The molecule has 0 aliphatic heterocycles. The Morgan fingerprint density at radius 3 is 2.67 bits per heavy atom. The summed E-state index contributed by atoms with van der Waals surface area (Å²) in [5.41, 5.74) is -0.157. The molecule has 110 valence electrons. The number of hydrogen-bond donors (Lipinski definition) is 2. The highest BCUT2D eigenvalue weighted by Crippen LogP contribution is 2.18. The van der Waals surface area contributed by atoms with E-state index >= 15 is 0 Å². The lowest BCUT2D eigenvalue weighted by Crippen LogP contribution is -2.15. The van der Waals surface area contributed by atoms with E-state index in [4.69, 9.17) is 5.11 Å². The van der Waals surface area contributed by atoms with Gasteiger partial charge < -0.3 is 5.11 Å². The molecule has 0 atom stereocenters. The molecule has 0 saturated heterocycles. The quantitative estimate of drug-likeness (QED) is 0.876. The maximum Gasteiger partial charge on any atom is 0.354 e. The van der Waals surface area contributed by atoms with Crippen molar-refractivity contribution in [3.8, 4) is 0 Å². The first-order valence-corrected chi connectivity index (χ1v) is 7.11. The SMILES string of the molecule is CC(C)Cc1nnc(NC(=O)c2cccc(C(=O)O)n2)s1. The molecule has 0 fully saturated rings. The van der Waals surface area contributed by atoms with Crippen molar-refractivity contribution in [2.75, 3.05) is 5.32 Å². The molecular formula is C13H14N4O3S. The molecule has 2 N–H and O–H groups in total. The molecule has 8 heteroatoms.